The zero-order valence-electron chi connectivity index (χ0n) is 13.7. The van der Waals surface area contributed by atoms with E-state index in [4.69, 9.17) is 4.74 Å². The number of carbonyl (C=O) groups is 1. The predicted molar refractivity (Wildman–Crippen MR) is 93.3 cm³/mol. The minimum absolute atomic E-state index is 0.0763. The number of ether oxygens (including phenoxy) is 1. The van der Waals surface area contributed by atoms with Gasteiger partial charge in [-0.25, -0.2) is 0 Å². The van der Waals surface area contributed by atoms with Crippen molar-refractivity contribution in [3.05, 3.63) is 59.7 Å². The third kappa shape index (κ3) is 4.77. The molecule has 0 aliphatic carbocycles. The summed E-state index contributed by atoms with van der Waals surface area (Å²) in [5.41, 5.74) is 2.76. The number of nitrogens with zero attached hydrogens (tertiary/aromatic N) is 3. The van der Waals surface area contributed by atoms with E-state index in [9.17, 15) is 4.79 Å². The van der Waals surface area contributed by atoms with Crippen LogP contribution in [0.4, 0.5) is 11.6 Å². The first-order valence-electron chi connectivity index (χ1n) is 7.75. The van der Waals surface area contributed by atoms with Crippen LogP contribution in [0, 0.1) is 6.92 Å². The monoisotopic (exact) mass is 338 g/mol. The van der Waals surface area contributed by atoms with Gasteiger partial charge in [0.2, 0.25) is 0 Å². The molecular formula is C17H18N6O2. The number of anilines is 2. The summed E-state index contributed by atoms with van der Waals surface area (Å²) in [7, 11) is 0. The van der Waals surface area contributed by atoms with Gasteiger partial charge < -0.3 is 15.4 Å². The van der Waals surface area contributed by atoms with E-state index in [1.807, 2.05) is 55.5 Å². The Hall–Kier alpha value is -3.42. The van der Waals surface area contributed by atoms with Crippen LogP contribution in [0.25, 0.3) is 0 Å². The van der Waals surface area contributed by atoms with Crippen LogP contribution in [0.2, 0.25) is 0 Å². The lowest BCUT2D eigenvalue weighted by Gasteiger charge is -2.12. The minimum Gasteiger partial charge on any atom is -0.483 e. The van der Waals surface area contributed by atoms with Crippen LogP contribution in [0.5, 0.6) is 5.75 Å². The van der Waals surface area contributed by atoms with Gasteiger partial charge >= 0.3 is 0 Å². The number of aryl methyl sites for hydroxylation is 1. The van der Waals surface area contributed by atoms with Crippen molar-refractivity contribution in [1.29, 1.82) is 0 Å². The van der Waals surface area contributed by atoms with Gasteiger partial charge in [0.25, 0.3) is 11.9 Å². The molecule has 0 aliphatic rings. The molecule has 128 valence electrons. The molecule has 0 saturated heterocycles. The highest BCUT2D eigenvalue weighted by atomic mass is 16.5. The highest BCUT2D eigenvalue weighted by molar-refractivity contribution is 5.91. The summed E-state index contributed by atoms with van der Waals surface area (Å²) in [6, 6.07) is 15.1. The number of nitrogens with one attached hydrogen (secondary N) is 3. The second-order valence-corrected chi connectivity index (χ2v) is 5.40. The summed E-state index contributed by atoms with van der Waals surface area (Å²) < 4.78 is 5.65. The van der Waals surface area contributed by atoms with Crippen LogP contribution in [-0.4, -0.2) is 33.1 Å². The Labute approximate surface area is 144 Å². The predicted octanol–water partition coefficient (Wildman–Crippen LogP) is 2.14. The first-order valence-corrected chi connectivity index (χ1v) is 7.75. The number of amides is 1. The van der Waals surface area contributed by atoms with E-state index >= 15 is 0 Å². The molecule has 0 spiro atoms. The lowest BCUT2D eigenvalue weighted by Crippen LogP contribution is -2.20. The highest BCUT2D eigenvalue weighted by Crippen LogP contribution is 2.19. The van der Waals surface area contributed by atoms with Crippen molar-refractivity contribution < 1.29 is 9.53 Å². The maximum Gasteiger partial charge on any atom is 0.263 e. The van der Waals surface area contributed by atoms with E-state index in [2.05, 4.69) is 31.3 Å². The van der Waals surface area contributed by atoms with Gasteiger partial charge in [-0.1, -0.05) is 41.0 Å². The Morgan fingerprint density at radius 2 is 1.96 bits per heavy atom. The normalized spacial score (nSPS) is 10.3. The van der Waals surface area contributed by atoms with Crippen molar-refractivity contribution >= 4 is 17.5 Å². The summed E-state index contributed by atoms with van der Waals surface area (Å²) in [6.07, 6.45) is 0. The molecule has 3 aromatic rings. The van der Waals surface area contributed by atoms with E-state index in [-0.39, 0.29) is 12.5 Å². The Kier molecular flexibility index (Phi) is 5.20. The van der Waals surface area contributed by atoms with Crippen molar-refractivity contribution in [1.82, 2.24) is 20.6 Å². The van der Waals surface area contributed by atoms with E-state index in [1.54, 1.807) is 0 Å². The molecule has 25 heavy (non-hydrogen) atoms. The minimum atomic E-state index is -0.218. The fourth-order valence-electron chi connectivity index (χ4n) is 2.18. The zero-order valence-corrected chi connectivity index (χ0v) is 13.7. The number of aromatic amines is 1. The lowest BCUT2D eigenvalue weighted by atomic mass is 10.2. The van der Waals surface area contributed by atoms with Gasteiger partial charge in [0, 0.05) is 17.8 Å². The second-order valence-electron chi connectivity index (χ2n) is 5.40. The summed E-state index contributed by atoms with van der Waals surface area (Å²) in [4.78, 5) is 12.0. The number of rotatable bonds is 7. The number of hydrogen-bond acceptors (Lipinski definition) is 6. The van der Waals surface area contributed by atoms with Crippen molar-refractivity contribution in [2.75, 3.05) is 17.2 Å². The largest absolute Gasteiger partial charge is 0.483 e. The molecule has 2 aromatic carbocycles. The lowest BCUT2D eigenvalue weighted by molar-refractivity contribution is -0.118. The van der Waals surface area contributed by atoms with Gasteiger partial charge in [-0.3, -0.25) is 4.79 Å². The SMILES string of the molecule is Cc1ccc(NC(=O)COc2ccccc2CNc2nn[nH]n2)cc1. The fraction of sp³-hybridized carbons (Fsp3) is 0.176. The first kappa shape index (κ1) is 16.4. The van der Waals surface area contributed by atoms with Gasteiger partial charge in [0.05, 0.1) is 0 Å². The van der Waals surface area contributed by atoms with Gasteiger partial charge in [0.15, 0.2) is 6.61 Å². The number of carbonyl (C=O) groups excluding carboxylic acids is 1. The van der Waals surface area contributed by atoms with Gasteiger partial charge in [-0.15, -0.1) is 5.10 Å². The van der Waals surface area contributed by atoms with Crippen LogP contribution in [-0.2, 0) is 11.3 Å². The van der Waals surface area contributed by atoms with Crippen LogP contribution in [0.15, 0.2) is 48.5 Å². The average molecular weight is 338 g/mol. The first-order chi connectivity index (χ1) is 12.2. The Morgan fingerprint density at radius 3 is 2.72 bits per heavy atom. The summed E-state index contributed by atoms with van der Waals surface area (Å²) in [5, 5.41) is 19.3. The van der Waals surface area contributed by atoms with Crippen molar-refractivity contribution in [2.45, 2.75) is 13.5 Å². The van der Waals surface area contributed by atoms with E-state index in [0.29, 0.717) is 18.2 Å². The smallest absolute Gasteiger partial charge is 0.263 e. The van der Waals surface area contributed by atoms with Gasteiger partial charge in [-0.2, -0.15) is 5.21 Å². The Bertz CT molecular complexity index is 817. The maximum absolute atomic E-state index is 12.0. The van der Waals surface area contributed by atoms with Crippen LogP contribution >= 0.6 is 0 Å². The van der Waals surface area contributed by atoms with Crippen molar-refractivity contribution in [3.63, 3.8) is 0 Å². The van der Waals surface area contributed by atoms with E-state index < -0.39 is 0 Å². The second kappa shape index (κ2) is 7.91. The van der Waals surface area contributed by atoms with E-state index in [0.717, 1.165) is 16.8 Å². The summed E-state index contributed by atoms with van der Waals surface area (Å²) >= 11 is 0. The average Bonchev–Trinajstić information content (AvgIpc) is 3.14. The van der Waals surface area contributed by atoms with Crippen molar-refractivity contribution in [2.24, 2.45) is 0 Å². The molecule has 0 aliphatic heterocycles. The van der Waals surface area contributed by atoms with Crippen LogP contribution in [0.3, 0.4) is 0 Å². The molecule has 0 atom stereocenters. The molecule has 3 rings (SSSR count). The third-order valence-electron chi connectivity index (χ3n) is 3.45. The molecular weight excluding hydrogens is 320 g/mol. The zero-order chi connectivity index (χ0) is 17.5. The molecule has 0 fully saturated rings. The summed E-state index contributed by atoms with van der Waals surface area (Å²) in [6.45, 7) is 2.37. The van der Waals surface area contributed by atoms with Crippen LogP contribution < -0.4 is 15.4 Å². The molecule has 8 heteroatoms. The standard InChI is InChI=1S/C17H18N6O2/c1-12-6-8-14(9-7-12)19-16(24)11-25-15-5-3-2-4-13(15)10-18-17-20-22-23-21-17/h2-9H,10-11H2,1H3,(H,19,24)(H2,18,20,21,22,23). The molecule has 8 nitrogen and oxygen atoms in total. The third-order valence-corrected chi connectivity index (χ3v) is 3.45. The molecule has 1 amide bonds. The van der Waals surface area contributed by atoms with Gasteiger partial charge in [0.1, 0.15) is 5.75 Å². The molecule has 1 heterocycles. The molecule has 0 radical (unpaired) electrons. The summed E-state index contributed by atoms with van der Waals surface area (Å²) in [5.74, 6) is 0.800. The number of aromatic nitrogens is 4. The molecule has 0 bridgehead atoms. The Morgan fingerprint density at radius 1 is 1.16 bits per heavy atom. The number of benzene rings is 2. The highest BCUT2D eigenvalue weighted by Gasteiger charge is 2.08. The molecule has 1 aromatic heterocycles. The number of hydrogen-bond donors (Lipinski definition) is 3. The molecule has 0 unspecified atom stereocenters. The Balaban J connectivity index is 1.55. The quantitative estimate of drug-likeness (QED) is 0.609. The van der Waals surface area contributed by atoms with Gasteiger partial charge in [-0.05, 0) is 30.3 Å². The molecule has 3 N–H and O–H groups in total. The molecule has 0 saturated carbocycles. The number of H-pyrrole nitrogens is 1. The van der Waals surface area contributed by atoms with Crippen LogP contribution in [0.1, 0.15) is 11.1 Å². The number of tetrazole rings is 1. The fourth-order valence-corrected chi connectivity index (χ4v) is 2.18. The number of para-hydroxylation sites is 1. The van der Waals surface area contributed by atoms with Crippen molar-refractivity contribution in [3.8, 4) is 5.75 Å². The maximum atomic E-state index is 12.0. The van der Waals surface area contributed by atoms with E-state index in [1.165, 1.54) is 0 Å². The topological polar surface area (TPSA) is 105 Å².